The Morgan fingerprint density at radius 2 is 1.52 bits per heavy atom. The second-order valence-corrected chi connectivity index (χ2v) is 6.50. The number of amides is 3. The van der Waals surface area contributed by atoms with Gasteiger partial charge >= 0.3 is 0 Å². The van der Waals surface area contributed by atoms with E-state index in [1.165, 1.54) is 11.3 Å². The molecule has 0 saturated heterocycles. The molecule has 4 N–H and O–H groups in total. The number of primary amides is 1. The number of aromatic nitrogens is 1. The molecule has 3 rings (SSSR count). The van der Waals surface area contributed by atoms with Gasteiger partial charge < -0.3 is 11.1 Å². The normalized spacial score (nSPS) is 10.2. The highest BCUT2D eigenvalue weighted by Crippen LogP contribution is 2.18. The van der Waals surface area contributed by atoms with E-state index < -0.39 is 5.91 Å². The van der Waals surface area contributed by atoms with Crippen LogP contribution >= 0.6 is 11.3 Å². The highest BCUT2D eigenvalue weighted by molar-refractivity contribution is 7.14. The van der Waals surface area contributed by atoms with Gasteiger partial charge in [0.25, 0.3) is 11.8 Å². The molecule has 0 atom stereocenters. The molecular weight excluding hydrogens is 364 g/mol. The Labute approximate surface area is 159 Å². The number of nitrogens with two attached hydrogens (primary N) is 1. The Hall–Kier alpha value is -3.52. The first-order valence-corrected chi connectivity index (χ1v) is 8.90. The molecule has 27 heavy (non-hydrogen) atoms. The van der Waals surface area contributed by atoms with Gasteiger partial charge in [-0.25, -0.2) is 4.98 Å². The fourth-order valence-electron chi connectivity index (χ4n) is 2.29. The van der Waals surface area contributed by atoms with Crippen molar-refractivity contribution in [3.8, 4) is 0 Å². The SMILES string of the molecule is NC(=O)Cc1csc(NC(=O)c2ccc(NC(=O)c3ccccc3)cc2)n1. The molecule has 0 fully saturated rings. The first kappa shape index (κ1) is 18.3. The van der Waals surface area contributed by atoms with Crippen molar-refractivity contribution in [3.05, 3.63) is 76.8 Å². The minimum absolute atomic E-state index is 0.0299. The Bertz CT molecular complexity index is 968. The Morgan fingerprint density at radius 3 is 2.19 bits per heavy atom. The molecule has 0 saturated carbocycles. The van der Waals surface area contributed by atoms with E-state index in [1.807, 2.05) is 6.07 Å². The Morgan fingerprint density at radius 1 is 0.889 bits per heavy atom. The van der Waals surface area contributed by atoms with Crippen LogP contribution in [0.3, 0.4) is 0 Å². The van der Waals surface area contributed by atoms with E-state index in [1.54, 1.807) is 53.9 Å². The highest BCUT2D eigenvalue weighted by Gasteiger charge is 2.11. The average molecular weight is 380 g/mol. The number of nitrogens with one attached hydrogen (secondary N) is 2. The number of hydrogen-bond acceptors (Lipinski definition) is 5. The van der Waals surface area contributed by atoms with Gasteiger partial charge in [0.1, 0.15) is 0 Å². The lowest BCUT2D eigenvalue weighted by atomic mass is 10.1. The van der Waals surface area contributed by atoms with Crippen molar-refractivity contribution in [1.82, 2.24) is 4.98 Å². The van der Waals surface area contributed by atoms with Crippen molar-refractivity contribution in [3.63, 3.8) is 0 Å². The summed E-state index contributed by atoms with van der Waals surface area (Å²) in [6.07, 6.45) is 0.0299. The summed E-state index contributed by atoms with van der Waals surface area (Å²) in [5.41, 5.74) is 7.18. The molecule has 0 radical (unpaired) electrons. The molecule has 2 aromatic carbocycles. The third kappa shape index (κ3) is 4.99. The third-order valence-electron chi connectivity index (χ3n) is 3.57. The van der Waals surface area contributed by atoms with E-state index in [4.69, 9.17) is 5.73 Å². The van der Waals surface area contributed by atoms with E-state index in [0.717, 1.165) is 0 Å². The summed E-state index contributed by atoms with van der Waals surface area (Å²) < 4.78 is 0. The molecule has 0 aliphatic carbocycles. The molecule has 0 spiro atoms. The molecule has 136 valence electrons. The highest BCUT2D eigenvalue weighted by atomic mass is 32.1. The van der Waals surface area contributed by atoms with Crippen LogP contribution in [0.4, 0.5) is 10.8 Å². The van der Waals surface area contributed by atoms with Crippen LogP contribution in [0.25, 0.3) is 0 Å². The van der Waals surface area contributed by atoms with Crippen LogP contribution in [-0.2, 0) is 11.2 Å². The maximum Gasteiger partial charge on any atom is 0.257 e. The quantitative estimate of drug-likeness (QED) is 0.610. The van der Waals surface area contributed by atoms with Crippen LogP contribution in [-0.4, -0.2) is 22.7 Å². The molecular formula is C19H16N4O3S. The second kappa shape index (κ2) is 8.24. The molecule has 0 aliphatic heterocycles. The number of carbonyl (C=O) groups excluding carboxylic acids is 3. The topological polar surface area (TPSA) is 114 Å². The van der Waals surface area contributed by atoms with Gasteiger partial charge in [-0.3, -0.25) is 19.7 Å². The molecule has 3 amide bonds. The van der Waals surface area contributed by atoms with Gasteiger partial charge in [-0.2, -0.15) is 0 Å². The van der Waals surface area contributed by atoms with Gasteiger partial charge in [0, 0.05) is 22.2 Å². The average Bonchev–Trinajstić information content (AvgIpc) is 3.09. The van der Waals surface area contributed by atoms with Crippen LogP contribution in [0, 0.1) is 0 Å². The minimum Gasteiger partial charge on any atom is -0.369 e. The first-order valence-electron chi connectivity index (χ1n) is 8.02. The van der Waals surface area contributed by atoms with Gasteiger partial charge in [-0.15, -0.1) is 11.3 Å². The van der Waals surface area contributed by atoms with E-state index in [-0.39, 0.29) is 18.2 Å². The van der Waals surface area contributed by atoms with Gasteiger partial charge in [0.15, 0.2) is 5.13 Å². The van der Waals surface area contributed by atoms with Crippen LogP contribution in [0.15, 0.2) is 60.0 Å². The predicted octanol–water partition coefficient (Wildman–Crippen LogP) is 2.68. The van der Waals surface area contributed by atoms with Crippen LogP contribution in [0.5, 0.6) is 0 Å². The summed E-state index contributed by atoms with van der Waals surface area (Å²) in [5.74, 6) is -1.04. The van der Waals surface area contributed by atoms with Crippen molar-refractivity contribution >= 4 is 39.9 Å². The third-order valence-corrected chi connectivity index (χ3v) is 4.38. The van der Waals surface area contributed by atoms with E-state index in [0.29, 0.717) is 27.6 Å². The number of rotatable bonds is 6. The number of hydrogen-bond donors (Lipinski definition) is 3. The molecule has 3 aromatic rings. The fourth-order valence-corrected chi connectivity index (χ4v) is 3.00. The maximum absolute atomic E-state index is 12.3. The summed E-state index contributed by atoms with van der Waals surface area (Å²) in [4.78, 5) is 39.4. The smallest absolute Gasteiger partial charge is 0.257 e. The van der Waals surface area contributed by atoms with E-state index >= 15 is 0 Å². The maximum atomic E-state index is 12.3. The summed E-state index contributed by atoms with van der Waals surface area (Å²) in [5, 5.41) is 7.49. The van der Waals surface area contributed by atoms with Gasteiger partial charge in [0.05, 0.1) is 12.1 Å². The lowest BCUT2D eigenvalue weighted by Crippen LogP contribution is -2.15. The zero-order chi connectivity index (χ0) is 19.2. The van der Waals surface area contributed by atoms with Crippen molar-refractivity contribution < 1.29 is 14.4 Å². The minimum atomic E-state index is -0.480. The molecule has 0 unspecified atom stereocenters. The van der Waals surface area contributed by atoms with Crippen molar-refractivity contribution in [1.29, 1.82) is 0 Å². The Balaban J connectivity index is 1.61. The number of nitrogens with zero attached hydrogens (tertiary/aromatic N) is 1. The van der Waals surface area contributed by atoms with Crippen molar-refractivity contribution in [2.24, 2.45) is 5.73 Å². The molecule has 1 aromatic heterocycles. The van der Waals surface area contributed by atoms with Gasteiger partial charge in [-0.05, 0) is 36.4 Å². The van der Waals surface area contributed by atoms with E-state index in [2.05, 4.69) is 15.6 Å². The van der Waals surface area contributed by atoms with Crippen molar-refractivity contribution in [2.45, 2.75) is 6.42 Å². The van der Waals surface area contributed by atoms with Gasteiger partial charge in [0.2, 0.25) is 5.91 Å². The Kier molecular flexibility index (Phi) is 5.58. The zero-order valence-corrected chi connectivity index (χ0v) is 15.0. The molecule has 0 bridgehead atoms. The summed E-state index contributed by atoms with van der Waals surface area (Å²) >= 11 is 1.22. The lowest BCUT2D eigenvalue weighted by Gasteiger charge is -2.06. The van der Waals surface area contributed by atoms with Crippen LogP contribution in [0.2, 0.25) is 0 Å². The summed E-state index contributed by atoms with van der Waals surface area (Å²) in [6, 6.07) is 15.4. The monoisotopic (exact) mass is 380 g/mol. The number of carbonyl (C=O) groups is 3. The molecule has 1 heterocycles. The largest absolute Gasteiger partial charge is 0.369 e. The van der Waals surface area contributed by atoms with Gasteiger partial charge in [-0.1, -0.05) is 18.2 Å². The van der Waals surface area contributed by atoms with Crippen LogP contribution < -0.4 is 16.4 Å². The summed E-state index contributed by atoms with van der Waals surface area (Å²) in [6.45, 7) is 0. The lowest BCUT2D eigenvalue weighted by molar-refractivity contribution is -0.117. The molecule has 8 heteroatoms. The molecule has 7 nitrogen and oxygen atoms in total. The van der Waals surface area contributed by atoms with E-state index in [9.17, 15) is 14.4 Å². The fraction of sp³-hybridized carbons (Fsp3) is 0.0526. The number of thiazole rings is 1. The predicted molar refractivity (Wildman–Crippen MR) is 104 cm³/mol. The summed E-state index contributed by atoms with van der Waals surface area (Å²) in [7, 11) is 0. The second-order valence-electron chi connectivity index (χ2n) is 5.64. The number of benzene rings is 2. The molecule has 0 aliphatic rings. The van der Waals surface area contributed by atoms with Crippen LogP contribution in [0.1, 0.15) is 26.4 Å². The first-order chi connectivity index (χ1) is 13.0. The standard InChI is InChI=1S/C19H16N4O3S/c20-16(24)10-15-11-27-19(22-15)23-18(26)13-6-8-14(9-7-13)21-17(25)12-4-2-1-3-5-12/h1-9,11H,10H2,(H2,20,24)(H,21,25)(H,22,23,26). The number of anilines is 2. The van der Waals surface area contributed by atoms with Crippen molar-refractivity contribution in [2.75, 3.05) is 10.6 Å². The zero-order valence-electron chi connectivity index (χ0n) is 14.1.